The summed E-state index contributed by atoms with van der Waals surface area (Å²) < 4.78 is 18.2. The predicted molar refractivity (Wildman–Crippen MR) is 79.9 cm³/mol. The number of hydrogen-bond donors (Lipinski definition) is 1. The van der Waals surface area contributed by atoms with Gasteiger partial charge in [-0.2, -0.15) is 0 Å². The minimum atomic E-state index is -0.750. The van der Waals surface area contributed by atoms with Gasteiger partial charge in [-0.1, -0.05) is 13.8 Å². The van der Waals surface area contributed by atoms with E-state index in [9.17, 15) is 0 Å². The topological polar surface area (TPSA) is 66.4 Å². The van der Waals surface area contributed by atoms with Crippen LogP contribution in [0.15, 0.2) is 0 Å². The van der Waals surface area contributed by atoms with Crippen LogP contribution >= 0.6 is 0 Å². The highest BCUT2D eigenvalue weighted by Crippen LogP contribution is 2.60. The Morgan fingerprint density at radius 3 is 2.74 bits per heavy atom. The Bertz CT molecular complexity index is 458. The maximum Gasteiger partial charge on any atom is 0.201 e. The number of hydrogen-bond acceptors (Lipinski definition) is 6. The maximum absolute atomic E-state index is 9.06. The molecular formula is C17H28O6. The molecule has 23 heavy (non-hydrogen) atoms. The van der Waals surface area contributed by atoms with Crippen molar-refractivity contribution in [2.45, 2.75) is 70.4 Å². The number of ether oxygens (including phenoxy) is 3. The van der Waals surface area contributed by atoms with Crippen molar-refractivity contribution in [3.8, 4) is 0 Å². The zero-order chi connectivity index (χ0) is 16.2. The molecule has 6 heteroatoms. The van der Waals surface area contributed by atoms with Crippen LogP contribution in [0.4, 0.5) is 0 Å². The fourth-order valence-corrected chi connectivity index (χ4v) is 5.23. The molecule has 132 valence electrons. The van der Waals surface area contributed by atoms with Crippen LogP contribution in [0, 0.1) is 23.7 Å². The molecule has 0 aromatic rings. The molecular weight excluding hydrogens is 300 g/mol. The molecule has 0 aromatic carbocycles. The second-order valence-corrected chi connectivity index (χ2v) is 7.87. The van der Waals surface area contributed by atoms with E-state index in [0.717, 1.165) is 19.3 Å². The normalized spacial score (nSPS) is 55.3. The summed E-state index contributed by atoms with van der Waals surface area (Å²) in [7, 11) is 0. The van der Waals surface area contributed by atoms with Gasteiger partial charge in [0.2, 0.25) is 5.79 Å². The van der Waals surface area contributed by atoms with Gasteiger partial charge in [-0.05, 0) is 38.0 Å². The van der Waals surface area contributed by atoms with Crippen LogP contribution in [-0.4, -0.2) is 42.3 Å². The molecule has 4 heterocycles. The summed E-state index contributed by atoms with van der Waals surface area (Å²) in [6, 6.07) is 0. The second-order valence-electron chi connectivity index (χ2n) is 7.87. The second kappa shape index (κ2) is 5.64. The van der Waals surface area contributed by atoms with E-state index in [-0.39, 0.29) is 31.3 Å². The quantitative estimate of drug-likeness (QED) is 0.801. The summed E-state index contributed by atoms with van der Waals surface area (Å²) in [5.74, 6) is 0.625. The van der Waals surface area contributed by atoms with Crippen LogP contribution in [0.3, 0.4) is 0 Å². The zero-order valence-corrected chi connectivity index (χ0v) is 14.2. The zero-order valence-electron chi connectivity index (χ0n) is 14.2. The third-order valence-electron chi connectivity index (χ3n) is 6.47. The first-order valence-electron chi connectivity index (χ1n) is 8.93. The molecule has 0 radical (unpaired) electrons. The van der Waals surface area contributed by atoms with Gasteiger partial charge in [-0.3, -0.25) is 0 Å². The van der Waals surface area contributed by atoms with E-state index >= 15 is 0 Å². The summed E-state index contributed by atoms with van der Waals surface area (Å²) in [6.45, 7) is 6.63. The lowest BCUT2D eigenvalue weighted by atomic mass is 9.58. The van der Waals surface area contributed by atoms with E-state index in [4.69, 9.17) is 29.1 Å². The molecule has 8 atom stereocenters. The fourth-order valence-electron chi connectivity index (χ4n) is 5.23. The SMILES string of the molecule is C[C@H]1[C@H](OCCO)O[C@@H]2O[C@@]3(C)CC[C@H]4[C@H](C)CC[C@@H]1[C@@]24OO3. The van der Waals surface area contributed by atoms with Gasteiger partial charge in [0, 0.05) is 18.3 Å². The summed E-state index contributed by atoms with van der Waals surface area (Å²) in [4.78, 5) is 11.8. The Morgan fingerprint density at radius 1 is 1.13 bits per heavy atom. The number of fused-ring (bicyclic) bond motifs is 2. The molecule has 4 aliphatic heterocycles. The average molecular weight is 328 g/mol. The van der Waals surface area contributed by atoms with Crippen molar-refractivity contribution in [2.75, 3.05) is 13.2 Å². The standard InChI is InChI=1S/C17H28O6/c1-10-4-5-13-11(2)14(19-9-8-18)20-15-17(13)12(10)6-7-16(3,21-15)22-23-17/h10-15,18H,4-9H2,1-3H3/t10-,11-,12+,13+,14-,15-,16-,17-/m1/s1. The molecule has 0 aromatic heterocycles. The van der Waals surface area contributed by atoms with E-state index in [0.29, 0.717) is 11.8 Å². The van der Waals surface area contributed by atoms with E-state index < -0.39 is 17.7 Å². The molecule has 0 amide bonds. The van der Waals surface area contributed by atoms with Crippen molar-refractivity contribution in [1.82, 2.24) is 0 Å². The minimum Gasteiger partial charge on any atom is -0.394 e. The Labute approximate surface area is 137 Å². The van der Waals surface area contributed by atoms with Gasteiger partial charge in [-0.15, -0.1) is 0 Å². The van der Waals surface area contributed by atoms with Gasteiger partial charge in [0.25, 0.3) is 0 Å². The van der Waals surface area contributed by atoms with Crippen LogP contribution in [0.2, 0.25) is 0 Å². The smallest absolute Gasteiger partial charge is 0.201 e. The van der Waals surface area contributed by atoms with Crippen LogP contribution < -0.4 is 0 Å². The first kappa shape index (κ1) is 16.2. The lowest BCUT2D eigenvalue weighted by molar-refractivity contribution is -0.577. The van der Waals surface area contributed by atoms with Crippen LogP contribution in [0.25, 0.3) is 0 Å². The lowest BCUT2D eigenvalue weighted by Crippen LogP contribution is -2.70. The molecule has 4 saturated heterocycles. The van der Waals surface area contributed by atoms with Crippen LogP contribution in [0.1, 0.15) is 46.5 Å². The maximum atomic E-state index is 9.06. The van der Waals surface area contributed by atoms with Gasteiger partial charge in [0.15, 0.2) is 18.2 Å². The highest BCUT2D eigenvalue weighted by molar-refractivity contribution is 5.09. The number of rotatable bonds is 3. The van der Waals surface area contributed by atoms with E-state index in [2.05, 4.69) is 13.8 Å². The summed E-state index contributed by atoms with van der Waals surface area (Å²) in [6.07, 6.45) is 3.24. The van der Waals surface area contributed by atoms with Crippen molar-refractivity contribution >= 4 is 0 Å². The molecule has 0 unspecified atom stereocenters. The Hall–Kier alpha value is -0.240. The minimum absolute atomic E-state index is 0.00903. The Kier molecular flexibility index (Phi) is 3.99. The molecule has 5 aliphatic rings. The van der Waals surface area contributed by atoms with Gasteiger partial charge in [-0.25, -0.2) is 9.78 Å². The average Bonchev–Trinajstić information content (AvgIpc) is 2.76. The van der Waals surface area contributed by atoms with Gasteiger partial charge in [0.1, 0.15) is 0 Å². The van der Waals surface area contributed by atoms with Crippen molar-refractivity contribution in [1.29, 1.82) is 0 Å². The molecule has 1 spiro atoms. The van der Waals surface area contributed by atoms with E-state index in [1.54, 1.807) is 0 Å². The summed E-state index contributed by atoms with van der Waals surface area (Å²) in [5.41, 5.74) is -0.536. The third-order valence-corrected chi connectivity index (χ3v) is 6.47. The molecule has 2 bridgehead atoms. The summed E-state index contributed by atoms with van der Waals surface area (Å²) >= 11 is 0. The van der Waals surface area contributed by atoms with E-state index in [1.165, 1.54) is 6.42 Å². The largest absolute Gasteiger partial charge is 0.394 e. The van der Waals surface area contributed by atoms with Crippen LogP contribution in [0.5, 0.6) is 0 Å². The number of aliphatic hydroxyl groups is 1. The third kappa shape index (κ3) is 2.30. The first-order valence-corrected chi connectivity index (χ1v) is 8.93. The van der Waals surface area contributed by atoms with Gasteiger partial charge >= 0.3 is 0 Å². The first-order chi connectivity index (χ1) is 11.0. The molecule has 1 N–H and O–H groups in total. The van der Waals surface area contributed by atoms with Gasteiger partial charge in [0.05, 0.1) is 13.2 Å². The van der Waals surface area contributed by atoms with E-state index in [1.807, 2.05) is 6.92 Å². The fraction of sp³-hybridized carbons (Fsp3) is 1.00. The van der Waals surface area contributed by atoms with Crippen LogP contribution in [-0.2, 0) is 24.0 Å². The molecule has 1 saturated carbocycles. The molecule has 5 rings (SSSR count). The van der Waals surface area contributed by atoms with Crippen molar-refractivity contribution < 1.29 is 29.1 Å². The summed E-state index contributed by atoms with van der Waals surface area (Å²) in [5, 5.41) is 9.06. The molecule has 1 aliphatic carbocycles. The highest BCUT2D eigenvalue weighted by Gasteiger charge is 2.69. The van der Waals surface area contributed by atoms with Crippen molar-refractivity contribution in [2.24, 2.45) is 23.7 Å². The van der Waals surface area contributed by atoms with Crippen molar-refractivity contribution in [3.63, 3.8) is 0 Å². The molecule has 5 fully saturated rings. The van der Waals surface area contributed by atoms with Crippen molar-refractivity contribution in [3.05, 3.63) is 0 Å². The molecule has 6 nitrogen and oxygen atoms in total. The Balaban J connectivity index is 1.70. The monoisotopic (exact) mass is 328 g/mol. The number of aliphatic hydroxyl groups excluding tert-OH is 1. The van der Waals surface area contributed by atoms with Gasteiger partial charge < -0.3 is 19.3 Å². The lowest BCUT2D eigenvalue weighted by Gasteiger charge is -2.60. The Morgan fingerprint density at radius 2 is 1.96 bits per heavy atom. The predicted octanol–water partition coefficient (Wildman–Crippen LogP) is 2.20. The highest BCUT2D eigenvalue weighted by atomic mass is 17.3.